The smallest absolute Gasteiger partial charge is 0.258 e. The van der Waals surface area contributed by atoms with Crippen LogP contribution in [0.4, 0.5) is 5.88 Å². The number of nitrogens with one attached hydrogen (secondary N) is 2. The molecule has 6 heteroatoms. The Morgan fingerprint density at radius 1 is 1.69 bits per heavy atom. The Kier molecular flexibility index (Phi) is 3.40. The number of nitrogens with two attached hydrogens (primary N) is 1. The average Bonchev–Trinajstić information content (AvgIpc) is 2.74. The largest absolute Gasteiger partial charge is 0.367 e. The molecule has 0 saturated carbocycles. The molecule has 1 atom stereocenters. The van der Waals surface area contributed by atoms with Gasteiger partial charge in [-0.2, -0.15) is 0 Å². The van der Waals surface area contributed by atoms with Crippen LogP contribution in [0.3, 0.4) is 0 Å². The molecular weight excluding hydrogens is 208 g/mol. The van der Waals surface area contributed by atoms with E-state index in [1.54, 1.807) is 0 Å². The summed E-state index contributed by atoms with van der Waals surface area (Å²) in [5.74, 6) is -0.166. The first-order valence-electron chi connectivity index (χ1n) is 5.49. The summed E-state index contributed by atoms with van der Waals surface area (Å²) in [4.78, 5) is 11.7. The molecule has 0 spiro atoms. The van der Waals surface area contributed by atoms with Gasteiger partial charge in [-0.15, -0.1) is 0 Å². The highest BCUT2D eigenvalue weighted by Gasteiger charge is 2.16. The topological polar surface area (TPSA) is 93.2 Å². The van der Waals surface area contributed by atoms with Gasteiger partial charge >= 0.3 is 0 Å². The molecule has 1 unspecified atom stereocenters. The number of nitrogens with zero attached hydrogens (tertiary/aromatic N) is 1. The number of nitrogen functional groups attached to an aromatic ring is 1. The SMILES string of the molecule is Nc1oncc1C(=O)NCC1CCCCN1. The Morgan fingerprint density at radius 2 is 2.56 bits per heavy atom. The molecule has 88 valence electrons. The molecule has 1 aromatic rings. The zero-order valence-electron chi connectivity index (χ0n) is 9.03. The minimum Gasteiger partial charge on any atom is -0.367 e. The lowest BCUT2D eigenvalue weighted by atomic mass is 10.1. The van der Waals surface area contributed by atoms with Gasteiger partial charge in [0.1, 0.15) is 5.56 Å². The van der Waals surface area contributed by atoms with E-state index in [1.165, 1.54) is 19.0 Å². The van der Waals surface area contributed by atoms with Crippen molar-refractivity contribution in [3.63, 3.8) is 0 Å². The van der Waals surface area contributed by atoms with Gasteiger partial charge in [0.05, 0.1) is 6.20 Å². The first kappa shape index (κ1) is 10.9. The van der Waals surface area contributed by atoms with Crippen LogP contribution in [0.2, 0.25) is 0 Å². The standard InChI is InChI=1S/C10H16N4O2/c11-9-8(6-14-16-9)10(15)13-5-7-3-1-2-4-12-7/h6-7,12H,1-5,11H2,(H,13,15). The van der Waals surface area contributed by atoms with Gasteiger partial charge < -0.3 is 20.9 Å². The molecule has 1 aromatic heterocycles. The molecule has 0 radical (unpaired) electrons. The van der Waals surface area contributed by atoms with Crippen molar-refractivity contribution in [3.05, 3.63) is 11.8 Å². The van der Waals surface area contributed by atoms with Crippen molar-refractivity contribution in [1.82, 2.24) is 15.8 Å². The minimum absolute atomic E-state index is 0.0640. The molecule has 2 rings (SSSR count). The third-order valence-electron chi connectivity index (χ3n) is 2.76. The summed E-state index contributed by atoms with van der Waals surface area (Å²) in [6.45, 7) is 1.64. The van der Waals surface area contributed by atoms with Crippen LogP contribution < -0.4 is 16.4 Å². The van der Waals surface area contributed by atoms with Crippen LogP contribution in [0.15, 0.2) is 10.7 Å². The summed E-state index contributed by atoms with van der Waals surface area (Å²) >= 11 is 0. The molecular formula is C10H16N4O2. The lowest BCUT2D eigenvalue weighted by molar-refractivity contribution is 0.0948. The second-order valence-electron chi connectivity index (χ2n) is 3.96. The van der Waals surface area contributed by atoms with Gasteiger partial charge in [-0.25, -0.2) is 0 Å². The Bertz CT molecular complexity index is 357. The summed E-state index contributed by atoms with van der Waals surface area (Å²) in [7, 11) is 0. The number of aromatic nitrogens is 1. The van der Waals surface area contributed by atoms with E-state index in [1.807, 2.05) is 0 Å². The predicted molar refractivity (Wildman–Crippen MR) is 58.9 cm³/mol. The molecule has 1 aliphatic rings. The second kappa shape index (κ2) is 4.98. The van der Waals surface area contributed by atoms with Crippen LogP contribution >= 0.6 is 0 Å². The Morgan fingerprint density at radius 3 is 3.19 bits per heavy atom. The maximum Gasteiger partial charge on any atom is 0.258 e. The molecule has 6 nitrogen and oxygen atoms in total. The molecule has 1 saturated heterocycles. The summed E-state index contributed by atoms with van der Waals surface area (Å²) in [6.07, 6.45) is 4.85. The lowest BCUT2D eigenvalue weighted by Crippen LogP contribution is -2.43. The lowest BCUT2D eigenvalue weighted by Gasteiger charge is -2.23. The molecule has 1 aliphatic heterocycles. The normalized spacial score (nSPS) is 20.6. The molecule has 16 heavy (non-hydrogen) atoms. The number of hydrogen-bond acceptors (Lipinski definition) is 5. The molecule has 4 N–H and O–H groups in total. The van der Waals surface area contributed by atoms with E-state index < -0.39 is 0 Å². The summed E-state index contributed by atoms with van der Waals surface area (Å²) < 4.78 is 4.63. The van der Waals surface area contributed by atoms with Gasteiger partial charge in [0.25, 0.3) is 5.91 Å². The minimum atomic E-state index is -0.230. The zero-order chi connectivity index (χ0) is 11.4. The van der Waals surface area contributed by atoms with Gasteiger partial charge in [0.2, 0.25) is 5.88 Å². The van der Waals surface area contributed by atoms with Gasteiger partial charge in [-0.3, -0.25) is 4.79 Å². The van der Waals surface area contributed by atoms with Crippen molar-refractivity contribution in [2.75, 3.05) is 18.8 Å². The van der Waals surface area contributed by atoms with E-state index in [0.29, 0.717) is 18.2 Å². The first-order valence-corrected chi connectivity index (χ1v) is 5.49. The van der Waals surface area contributed by atoms with Crippen molar-refractivity contribution >= 4 is 11.8 Å². The van der Waals surface area contributed by atoms with Gasteiger partial charge in [0.15, 0.2) is 0 Å². The fraction of sp³-hybridized carbons (Fsp3) is 0.600. The molecule has 0 aromatic carbocycles. The molecule has 0 bridgehead atoms. The van der Waals surface area contributed by atoms with Crippen molar-refractivity contribution < 1.29 is 9.32 Å². The zero-order valence-corrected chi connectivity index (χ0v) is 9.03. The van der Waals surface area contributed by atoms with E-state index in [2.05, 4.69) is 20.3 Å². The van der Waals surface area contributed by atoms with Crippen LogP contribution in [0, 0.1) is 0 Å². The number of anilines is 1. The maximum absolute atomic E-state index is 11.7. The number of piperidine rings is 1. The average molecular weight is 224 g/mol. The Balaban J connectivity index is 1.81. The number of carbonyl (C=O) groups excluding carboxylic acids is 1. The monoisotopic (exact) mass is 224 g/mol. The van der Waals surface area contributed by atoms with E-state index in [0.717, 1.165) is 13.0 Å². The number of amides is 1. The highest BCUT2D eigenvalue weighted by molar-refractivity contribution is 5.97. The highest BCUT2D eigenvalue weighted by atomic mass is 16.5. The number of rotatable bonds is 3. The Hall–Kier alpha value is -1.56. The molecule has 0 aliphatic carbocycles. The fourth-order valence-electron chi connectivity index (χ4n) is 1.83. The quantitative estimate of drug-likeness (QED) is 0.678. The summed E-state index contributed by atoms with van der Waals surface area (Å²) in [6, 6.07) is 0.360. The Labute approximate surface area is 93.5 Å². The van der Waals surface area contributed by atoms with E-state index in [4.69, 9.17) is 5.73 Å². The van der Waals surface area contributed by atoms with Crippen molar-refractivity contribution in [1.29, 1.82) is 0 Å². The summed E-state index contributed by atoms with van der Waals surface area (Å²) in [5.41, 5.74) is 5.75. The van der Waals surface area contributed by atoms with E-state index >= 15 is 0 Å². The number of carbonyl (C=O) groups is 1. The van der Waals surface area contributed by atoms with Crippen LogP contribution in [0.25, 0.3) is 0 Å². The van der Waals surface area contributed by atoms with Crippen LogP contribution in [0.5, 0.6) is 0 Å². The fourth-order valence-corrected chi connectivity index (χ4v) is 1.83. The van der Waals surface area contributed by atoms with Crippen LogP contribution in [0.1, 0.15) is 29.6 Å². The van der Waals surface area contributed by atoms with Crippen molar-refractivity contribution in [2.24, 2.45) is 0 Å². The molecule has 2 heterocycles. The second-order valence-corrected chi connectivity index (χ2v) is 3.96. The van der Waals surface area contributed by atoms with Crippen LogP contribution in [-0.2, 0) is 0 Å². The summed E-state index contributed by atoms with van der Waals surface area (Å²) in [5, 5.41) is 9.62. The van der Waals surface area contributed by atoms with E-state index in [9.17, 15) is 4.79 Å². The first-order chi connectivity index (χ1) is 7.77. The van der Waals surface area contributed by atoms with Gasteiger partial charge in [-0.1, -0.05) is 11.6 Å². The van der Waals surface area contributed by atoms with Crippen molar-refractivity contribution in [2.45, 2.75) is 25.3 Å². The third kappa shape index (κ3) is 2.52. The highest BCUT2D eigenvalue weighted by Crippen LogP contribution is 2.10. The predicted octanol–water partition coefficient (Wildman–Crippen LogP) is 0.129. The van der Waals surface area contributed by atoms with Gasteiger partial charge in [0, 0.05) is 12.6 Å². The third-order valence-corrected chi connectivity index (χ3v) is 2.76. The number of hydrogen-bond donors (Lipinski definition) is 3. The van der Waals surface area contributed by atoms with Gasteiger partial charge in [-0.05, 0) is 19.4 Å². The molecule has 1 fully saturated rings. The van der Waals surface area contributed by atoms with E-state index in [-0.39, 0.29) is 11.8 Å². The molecule has 1 amide bonds. The van der Waals surface area contributed by atoms with Crippen LogP contribution in [-0.4, -0.2) is 30.2 Å². The maximum atomic E-state index is 11.7. The van der Waals surface area contributed by atoms with Crippen molar-refractivity contribution in [3.8, 4) is 0 Å².